The summed E-state index contributed by atoms with van der Waals surface area (Å²) in [6, 6.07) is 9.36. The van der Waals surface area contributed by atoms with E-state index < -0.39 is 23.8 Å². The fraction of sp³-hybridized carbons (Fsp3) is 0.588. The Morgan fingerprint density at radius 2 is 1.91 bits per heavy atom. The summed E-state index contributed by atoms with van der Waals surface area (Å²) in [6.07, 6.45) is -1.17. The van der Waals surface area contributed by atoms with E-state index in [1.807, 2.05) is 30.3 Å². The topological polar surface area (TPSA) is 67.8 Å². The Morgan fingerprint density at radius 3 is 2.43 bits per heavy atom. The summed E-state index contributed by atoms with van der Waals surface area (Å²) in [5, 5.41) is 12.5. The number of alkyl carbamates (subject to hydrolysis) is 1. The predicted octanol–water partition coefficient (Wildman–Crippen LogP) is 3.24. The van der Waals surface area contributed by atoms with E-state index in [1.54, 1.807) is 27.7 Å². The predicted molar refractivity (Wildman–Crippen MR) is 93.7 cm³/mol. The lowest BCUT2D eigenvalue weighted by molar-refractivity contribution is 0.0392. The Balaban J connectivity index is 2.57. The Labute approximate surface area is 146 Å². The molecule has 3 atom stereocenters. The zero-order valence-electron chi connectivity index (χ0n) is 14.1. The van der Waals surface area contributed by atoms with Gasteiger partial charge in [0.25, 0.3) is 0 Å². The molecule has 0 aromatic heterocycles. The van der Waals surface area contributed by atoms with Crippen molar-refractivity contribution < 1.29 is 19.4 Å². The summed E-state index contributed by atoms with van der Waals surface area (Å²) in [7, 11) is 0. The highest BCUT2D eigenvalue weighted by Crippen LogP contribution is 2.14. The van der Waals surface area contributed by atoms with Gasteiger partial charge >= 0.3 is 6.09 Å². The van der Waals surface area contributed by atoms with Crippen LogP contribution < -0.4 is 5.32 Å². The largest absolute Gasteiger partial charge is 0.444 e. The summed E-state index contributed by atoms with van der Waals surface area (Å²) in [5.74, 6) is 0. The van der Waals surface area contributed by atoms with Crippen molar-refractivity contribution in [3.8, 4) is 0 Å². The van der Waals surface area contributed by atoms with Crippen LogP contribution in [0.5, 0.6) is 0 Å². The molecule has 23 heavy (non-hydrogen) atoms. The number of hydrogen-bond donors (Lipinski definition) is 2. The molecule has 0 saturated heterocycles. The highest BCUT2D eigenvalue weighted by atomic mass is 79.9. The van der Waals surface area contributed by atoms with Gasteiger partial charge in [0, 0.05) is 0 Å². The number of aliphatic hydroxyl groups excluding tert-OH is 1. The Morgan fingerprint density at radius 1 is 1.30 bits per heavy atom. The molecule has 0 aliphatic carbocycles. The minimum atomic E-state index is -0.643. The van der Waals surface area contributed by atoms with Gasteiger partial charge in [-0.25, -0.2) is 4.79 Å². The van der Waals surface area contributed by atoms with Gasteiger partial charge in [0.2, 0.25) is 0 Å². The molecule has 0 aliphatic heterocycles. The number of ether oxygens (including phenoxy) is 2. The standard InChI is InChI=1S/C17H26BrNO4/c1-12(20)15(18)14(19-16(21)23-17(2,3)4)11-22-10-13-8-6-5-7-9-13/h5-9,12,14-15,20H,10-11H2,1-4H3,(H,19,21)/t12?,14-,15-/m0/s1. The molecule has 0 fully saturated rings. The van der Waals surface area contributed by atoms with E-state index in [2.05, 4.69) is 21.2 Å². The lowest BCUT2D eigenvalue weighted by Crippen LogP contribution is -2.49. The SMILES string of the molecule is CC(O)[C@H](Br)[C@H](COCc1ccccc1)NC(=O)OC(C)(C)C. The molecule has 1 rings (SSSR count). The van der Waals surface area contributed by atoms with Crippen LogP contribution in [0.3, 0.4) is 0 Å². The lowest BCUT2D eigenvalue weighted by Gasteiger charge is -2.27. The van der Waals surface area contributed by atoms with Gasteiger partial charge in [-0.1, -0.05) is 46.3 Å². The number of hydrogen-bond acceptors (Lipinski definition) is 4. The minimum absolute atomic E-state index is 0.259. The summed E-state index contributed by atoms with van der Waals surface area (Å²) in [6.45, 7) is 7.75. The van der Waals surface area contributed by atoms with Gasteiger partial charge in [-0.15, -0.1) is 0 Å². The first kappa shape index (κ1) is 19.9. The maximum atomic E-state index is 11.9. The van der Waals surface area contributed by atoms with Crippen LogP contribution in [0, 0.1) is 0 Å². The van der Waals surface area contributed by atoms with Gasteiger partial charge in [-0.05, 0) is 33.3 Å². The van der Waals surface area contributed by atoms with Crippen LogP contribution in [0.15, 0.2) is 30.3 Å². The highest BCUT2D eigenvalue weighted by Gasteiger charge is 2.27. The average molecular weight is 388 g/mol. The van der Waals surface area contributed by atoms with Gasteiger partial charge in [-0.2, -0.15) is 0 Å². The Kier molecular flexibility index (Phi) is 8.02. The van der Waals surface area contributed by atoms with Gasteiger partial charge in [0.15, 0.2) is 0 Å². The zero-order valence-corrected chi connectivity index (χ0v) is 15.7. The fourth-order valence-electron chi connectivity index (χ4n) is 1.89. The van der Waals surface area contributed by atoms with E-state index in [1.165, 1.54) is 0 Å². The van der Waals surface area contributed by atoms with Crippen LogP contribution >= 0.6 is 15.9 Å². The normalized spacial score (nSPS) is 15.6. The first-order valence-corrected chi connectivity index (χ1v) is 8.54. The summed E-state index contributed by atoms with van der Waals surface area (Å²) < 4.78 is 10.9. The van der Waals surface area contributed by atoms with E-state index in [9.17, 15) is 9.90 Å². The first-order chi connectivity index (χ1) is 10.7. The molecule has 0 bridgehead atoms. The van der Waals surface area contributed by atoms with E-state index in [-0.39, 0.29) is 11.4 Å². The molecule has 0 saturated carbocycles. The summed E-state index contributed by atoms with van der Waals surface area (Å²) in [5.41, 5.74) is 0.471. The molecule has 0 radical (unpaired) electrons. The molecule has 0 aliphatic rings. The second-order valence-corrected chi connectivity index (χ2v) is 7.50. The monoisotopic (exact) mass is 387 g/mol. The summed E-state index contributed by atoms with van der Waals surface area (Å²) >= 11 is 3.40. The molecule has 1 aromatic carbocycles. The molecule has 1 aromatic rings. The van der Waals surface area contributed by atoms with Crippen molar-refractivity contribution in [2.24, 2.45) is 0 Å². The van der Waals surface area contributed by atoms with Crippen LogP contribution in [0.25, 0.3) is 0 Å². The van der Waals surface area contributed by atoms with Crippen molar-refractivity contribution in [2.45, 2.75) is 56.9 Å². The number of aliphatic hydroxyl groups is 1. The van der Waals surface area contributed by atoms with Crippen molar-refractivity contribution in [1.82, 2.24) is 5.32 Å². The molecular formula is C17H26BrNO4. The van der Waals surface area contributed by atoms with E-state index in [4.69, 9.17) is 9.47 Å². The van der Waals surface area contributed by atoms with Crippen LogP contribution in [-0.2, 0) is 16.1 Å². The third-order valence-electron chi connectivity index (χ3n) is 2.96. The number of halogens is 1. The molecule has 5 nitrogen and oxygen atoms in total. The number of carbonyl (C=O) groups is 1. The number of benzene rings is 1. The Hall–Kier alpha value is -1.11. The van der Waals surface area contributed by atoms with Crippen LogP contribution in [-0.4, -0.2) is 40.4 Å². The molecule has 1 unspecified atom stereocenters. The maximum absolute atomic E-state index is 11.9. The smallest absolute Gasteiger partial charge is 0.407 e. The van der Waals surface area contributed by atoms with Crippen molar-refractivity contribution >= 4 is 22.0 Å². The number of alkyl halides is 1. The average Bonchev–Trinajstić information content (AvgIpc) is 2.44. The lowest BCUT2D eigenvalue weighted by atomic mass is 10.1. The second-order valence-electron chi connectivity index (χ2n) is 6.44. The van der Waals surface area contributed by atoms with E-state index in [0.717, 1.165) is 5.56 Å². The van der Waals surface area contributed by atoms with Crippen molar-refractivity contribution in [1.29, 1.82) is 0 Å². The fourth-order valence-corrected chi connectivity index (χ4v) is 2.17. The molecule has 130 valence electrons. The highest BCUT2D eigenvalue weighted by molar-refractivity contribution is 9.09. The number of amides is 1. The van der Waals surface area contributed by atoms with Gasteiger partial charge in [0.05, 0.1) is 30.2 Å². The van der Waals surface area contributed by atoms with Crippen molar-refractivity contribution in [3.63, 3.8) is 0 Å². The number of carbonyl (C=O) groups excluding carboxylic acids is 1. The quantitative estimate of drug-likeness (QED) is 0.704. The van der Waals surface area contributed by atoms with Gasteiger partial charge < -0.3 is 19.9 Å². The molecular weight excluding hydrogens is 362 g/mol. The van der Waals surface area contributed by atoms with Crippen LogP contribution in [0.4, 0.5) is 4.79 Å². The maximum Gasteiger partial charge on any atom is 0.407 e. The molecule has 6 heteroatoms. The minimum Gasteiger partial charge on any atom is -0.444 e. The van der Waals surface area contributed by atoms with Gasteiger partial charge in [0.1, 0.15) is 5.60 Å². The Bertz CT molecular complexity index is 473. The van der Waals surface area contributed by atoms with Crippen molar-refractivity contribution in [3.05, 3.63) is 35.9 Å². The second kappa shape index (κ2) is 9.25. The number of nitrogens with one attached hydrogen (secondary N) is 1. The van der Waals surface area contributed by atoms with Gasteiger partial charge in [-0.3, -0.25) is 0 Å². The van der Waals surface area contributed by atoms with Crippen LogP contribution in [0.1, 0.15) is 33.3 Å². The van der Waals surface area contributed by atoms with E-state index in [0.29, 0.717) is 6.61 Å². The first-order valence-electron chi connectivity index (χ1n) is 7.62. The molecule has 0 spiro atoms. The van der Waals surface area contributed by atoms with Crippen LogP contribution in [0.2, 0.25) is 0 Å². The number of rotatable bonds is 7. The van der Waals surface area contributed by atoms with Crippen molar-refractivity contribution in [2.75, 3.05) is 6.61 Å². The summed E-state index contributed by atoms with van der Waals surface area (Å²) in [4.78, 5) is 11.6. The third kappa shape index (κ3) is 8.34. The van der Waals surface area contributed by atoms with E-state index >= 15 is 0 Å². The third-order valence-corrected chi connectivity index (χ3v) is 4.36. The zero-order chi connectivity index (χ0) is 17.5. The molecule has 0 heterocycles. The molecule has 1 amide bonds. The molecule has 2 N–H and O–H groups in total.